The van der Waals surface area contributed by atoms with Gasteiger partial charge in [-0.15, -0.1) is 0 Å². The highest BCUT2D eigenvalue weighted by Crippen LogP contribution is 2.35. The molecule has 6 nitrogen and oxygen atoms in total. The van der Waals surface area contributed by atoms with Crippen LogP contribution < -0.4 is 10.9 Å². The number of benzene rings is 2. The zero-order chi connectivity index (χ0) is 19.8. The Kier molecular flexibility index (Phi) is 4.61. The minimum Gasteiger partial charge on any atom is -0.349 e. The first-order valence-corrected chi connectivity index (χ1v) is 7.98. The third-order valence-electron chi connectivity index (χ3n) is 4.11. The third kappa shape index (κ3) is 3.35. The van der Waals surface area contributed by atoms with Crippen LogP contribution in [0.1, 0.15) is 12.5 Å². The summed E-state index contributed by atoms with van der Waals surface area (Å²) in [6.07, 6.45) is -4.56. The second-order valence-electron chi connectivity index (χ2n) is 5.75. The number of para-hydroxylation sites is 1. The Balaban J connectivity index is 2.27. The number of aromatic nitrogens is 1. The molecule has 1 heterocycles. The number of nitrogens with zero attached hydrogens (tertiary/aromatic N) is 2. The van der Waals surface area contributed by atoms with Crippen LogP contribution >= 0.6 is 0 Å². The first-order valence-electron chi connectivity index (χ1n) is 7.98. The largest absolute Gasteiger partial charge is 0.416 e. The van der Waals surface area contributed by atoms with Crippen LogP contribution in [0.25, 0.3) is 10.9 Å². The molecule has 0 radical (unpaired) electrons. The Labute approximate surface area is 151 Å². The second kappa shape index (κ2) is 6.75. The van der Waals surface area contributed by atoms with Crippen molar-refractivity contribution in [1.29, 1.82) is 0 Å². The van der Waals surface area contributed by atoms with Crippen LogP contribution in [0.3, 0.4) is 0 Å². The number of rotatable bonds is 4. The van der Waals surface area contributed by atoms with Crippen molar-refractivity contribution in [2.24, 2.45) is 0 Å². The number of hydrogen-bond acceptors (Lipinski definition) is 4. The van der Waals surface area contributed by atoms with Crippen LogP contribution in [-0.4, -0.2) is 9.49 Å². The van der Waals surface area contributed by atoms with E-state index in [1.54, 1.807) is 31.2 Å². The van der Waals surface area contributed by atoms with Gasteiger partial charge >= 0.3 is 17.4 Å². The van der Waals surface area contributed by atoms with Gasteiger partial charge in [0.2, 0.25) is 0 Å². The van der Waals surface area contributed by atoms with Crippen LogP contribution in [-0.2, 0) is 12.7 Å². The highest BCUT2D eigenvalue weighted by Gasteiger charge is 2.31. The molecular weight excluding hydrogens is 363 g/mol. The number of fused-ring (bicyclic) bond motifs is 1. The third-order valence-corrected chi connectivity index (χ3v) is 4.11. The molecule has 0 bridgehead atoms. The summed E-state index contributed by atoms with van der Waals surface area (Å²) in [5.74, 6) is 0. The minimum absolute atomic E-state index is 0.00766. The zero-order valence-corrected chi connectivity index (χ0v) is 14.1. The fourth-order valence-electron chi connectivity index (χ4n) is 2.92. The highest BCUT2D eigenvalue weighted by molar-refractivity contribution is 5.97. The van der Waals surface area contributed by atoms with Crippen molar-refractivity contribution < 1.29 is 18.1 Å². The molecule has 0 saturated heterocycles. The normalized spacial score (nSPS) is 11.6. The molecule has 3 rings (SSSR count). The standard InChI is InChI=1S/C18H14F3N3O3/c1-2-23-14-9-4-3-8-13(14)15(16(17(23)25)24(26)27)22-12-7-5-6-11(10-12)18(19,20)21/h3-10,22H,2H2,1H3. The van der Waals surface area contributed by atoms with Gasteiger partial charge in [-0.1, -0.05) is 24.3 Å². The SMILES string of the molecule is CCn1c(=O)c([N+](=O)[O-])c(Nc2cccc(C(F)(F)F)c2)c2ccccc21. The molecule has 0 unspecified atom stereocenters. The van der Waals surface area contributed by atoms with E-state index >= 15 is 0 Å². The molecule has 0 fully saturated rings. The van der Waals surface area contributed by atoms with Gasteiger partial charge in [-0.3, -0.25) is 14.9 Å². The number of hydrogen-bond donors (Lipinski definition) is 1. The van der Waals surface area contributed by atoms with E-state index in [2.05, 4.69) is 5.32 Å². The summed E-state index contributed by atoms with van der Waals surface area (Å²) in [6, 6.07) is 10.8. The molecule has 0 aliphatic heterocycles. The number of alkyl halides is 3. The molecule has 0 aliphatic rings. The first kappa shape index (κ1) is 18.4. The molecule has 27 heavy (non-hydrogen) atoms. The molecule has 1 N–H and O–H groups in total. The van der Waals surface area contributed by atoms with Gasteiger partial charge in [0.05, 0.1) is 16.0 Å². The highest BCUT2D eigenvalue weighted by atomic mass is 19.4. The van der Waals surface area contributed by atoms with Gasteiger partial charge in [0.15, 0.2) is 0 Å². The van der Waals surface area contributed by atoms with Gasteiger partial charge in [0.25, 0.3) is 0 Å². The average molecular weight is 377 g/mol. The number of halogens is 3. The van der Waals surface area contributed by atoms with E-state index in [1.165, 1.54) is 16.7 Å². The maximum atomic E-state index is 12.9. The second-order valence-corrected chi connectivity index (χ2v) is 5.75. The predicted octanol–water partition coefficient (Wildman–Crippen LogP) is 4.69. The van der Waals surface area contributed by atoms with Crippen LogP contribution in [0.2, 0.25) is 0 Å². The Morgan fingerprint density at radius 3 is 2.48 bits per heavy atom. The smallest absolute Gasteiger partial charge is 0.349 e. The van der Waals surface area contributed by atoms with Crippen LogP contribution in [0.15, 0.2) is 53.3 Å². The summed E-state index contributed by atoms with van der Waals surface area (Å²) in [5.41, 5.74) is -2.13. The summed E-state index contributed by atoms with van der Waals surface area (Å²) in [6.45, 7) is 1.89. The Hall–Kier alpha value is -3.36. The molecule has 140 valence electrons. The number of nitro groups is 1. The lowest BCUT2D eigenvalue weighted by Crippen LogP contribution is -2.23. The molecule has 0 amide bonds. The monoisotopic (exact) mass is 377 g/mol. The summed E-state index contributed by atoms with van der Waals surface area (Å²) in [5, 5.41) is 14.6. The van der Waals surface area contributed by atoms with E-state index in [0.29, 0.717) is 10.9 Å². The van der Waals surface area contributed by atoms with E-state index in [0.717, 1.165) is 12.1 Å². The molecule has 0 aliphatic carbocycles. The molecule has 0 atom stereocenters. The quantitative estimate of drug-likeness (QED) is 0.528. The van der Waals surface area contributed by atoms with Crippen molar-refractivity contribution in [2.45, 2.75) is 19.6 Å². The summed E-state index contributed by atoms with van der Waals surface area (Å²) in [7, 11) is 0. The van der Waals surface area contributed by atoms with Crippen LogP contribution in [0.5, 0.6) is 0 Å². The van der Waals surface area contributed by atoms with E-state index in [4.69, 9.17) is 0 Å². The van der Waals surface area contributed by atoms with Crippen molar-refractivity contribution in [2.75, 3.05) is 5.32 Å². The Morgan fingerprint density at radius 1 is 1.15 bits per heavy atom. The van der Waals surface area contributed by atoms with Crippen molar-refractivity contribution in [3.05, 3.63) is 74.6 Å². The lowest BCUT2D eigenvalue weighted by atomic mass is 10.1. The number of anilines is 2. The van der Waals surface area contributed by atoms with Gasteiger partial charge < -0.3 is 9.88 Å². The van der Waals surface area contributed by atoms with Crippen molar-refractivity contribution >= 4 is 28.0 Å². The number of pyridine rings is 1. The van der Waals surface area contributed by atoms with Gasteiger partial charge in [0, 0.05) is 17.6 Å². The van der Waals surface area contributed by atoms with Gasteiger partial charge in [0.1, 0.15) is 5.69 Å². The summed E-state index contributed by atoms with van der Waals surface area (Å²) < 4.78 is 40.1. The summed E-state index contributed by atoms with van der Waals surface area (Å²) in [4.78, 5) is 23.3. The number of nitrogens with one attached hydrogen (secondary N) is 1. The van der Waals surface area contributed by atoms with Crippen molar-refractivity contribution in [3.63, 3.8) is 0 Å². The minimum atomic E-state index is -4.56. The van der Waals surface area contributed by atoms with Crippen LogP contribution in [0.4, 0.5) is 30.2 Å². The fourth-order valence-corrected chi connectivity index (χ4v) is 2.92. The molecule has 0 spiro atoms. The molecule has 3 aromatic rings. The average Bonchev–Trinajstić information content (AvgIpc) is 2.61. The van der Waals surface area contributed by atoms with E-state index < -0.39 is 27.9 Å². The molecule has 9 heteroatoms. The lowest BCUT2D eigenvalue weighted by molar-refractivity contribution is -0.385. The van der Waals surface area contributed by atoms with Crippen LogP contribution in [0, 0.1) is 10.1 Å². The fraction of sp³-hybridized carbons (Fsp3) is 0.167. The maximum absolute atomic E-state index is 12.9. The molecule has 1 aromatic heterocycles. The van der Waals surface area contributed by atoms with Gasteiger partial charge in [-0.25, -0.2) is 0 Å². The topological polar surface area (TPSA) is 77.2 Å². The Morgan fingerprint density at radius 2 is 1.85 bits per heavy atom. The van der Waals surface area contributed by atoms with Gasteiger partial charge in [-0.2, -0.15) is 13.2 Å². The summed E-state index contributed by atoms with van der Waals surface area (Å²) >= 11 is 0. The van der Waals surface area contributed by atoms with Crippen molar-refractivity contribution in [3.8, 4) is 0 Å². The van der Waals surface area contributed by atoms with E-state index in [-0.39, 0.29) is 17.9 Å². The van der Waals surface area contributed by atoms with Gasteiger partial charge in [-0.05, 0) is 31.2 Å². The maximum Gasteiger partial charge on any atom is 0.416 e. The number of aryl methyl sites for hydroxylation is 1. The zero-order valence-electron chi connectivity index (χ0n) is 14.1. The molecule has 0 saturated carbocycles. The predicted molar refractivity (Wildman–Crippen MR) is 95.3 cm³/mol. The first-order chi connectivity index (χ1) is 12.7. The molecular formula is C18H14F3N3O3. The Bertz CT molecular complexity index is 1090. The van der Waals surface area contributed by atoms with E-state index in [9.17, 15) is 28.1 Å². The van der Waals surface area contributed by atoms with Crippen molar-refractivity contribution in [1.82, 2.24) is 4.57 Å². The lowest BCUT2D eigenvalue weighted by Gasteiger charge is -2.15. The van der Waals surface area contributed by atoms with E-state index in [1.807, 2.05) is 0 Å². The molecule has 2 aromatic carbocycles.